The van der Waals surface area contributed by atoms with Crippen molar-refractivity contribution >= 4 is 5.97 Å². The molecule has 9 fully saturated rings. The minimum absolute atomic E-state index is 0.0957. The van der Waals surface area contributed by atoms with Crippen molar-refractivity contribution in [2.45, 2.75) is 76.7 Å². The fraction of sp³-hybridized carbons (Fsp3) is 0.955. The maximum atomic E-state index is 12.4. The van der Waals surface area contributed by atoms with Gasteiger partial charge in [-0.3, -0.25) is 9.69 Å². The van der Waals surface area contributed by atoms with E-state index in [0.717, 1.165) is 24.7 Å². The van der Waals surface area contributed by atoms with Gasteiger partial charge in [0.2, 0.25) is 0 Å². The summed E-state index contributed by atoms with van der Waals surface area (Å²) >= 11 is 0. The first-order valence-corrected chi connectivity index (χ1v) is 11.1. The molecule has 0 aromatic heterocycles. The van der Waals surface area contributed by atoms with Gasteiger partial charge in [0.15, 0.2) is 0 Å². The third-order valence-electron chi connectivity index (χ3n) is 11.2. The number of fused-ring (bicyclic) bond motifs is 1. The third-order valence-corrected chi connectivity index (χ3v) is 11.2. The Labute approximate surface area is 155 Å². The first kappa shape index (κ1) is 15.3. The summed E-state index contributed by atoms with van der Waals surface area (Å²) < 4.78 is 7.22. The number of carboxylic acid groups (broad SMARTS) is 1. The molecule has 1 unspecified atom stereocenters. The first-order chi connectivity index (χ1) is 12.5. The normalized spacial score (nSPS) is 66.8. The zero-order valence-electron chi connectivity index (χ0n) is 16.0. The molecule has 5 saturated heterocycles. The standard InChI is InChI=1S/C22H31NO3/c1-11-10-23-17-13(11)7-8-20(2)16-6-4-12-3-5-15-14(19(24)25)9-21(17,20)22(12,15)26-18(16)23/h11-18H,3-10H2,1-2H3,(H,24,25)/t11-,12-,13+,14-,15-,16-,17+,18+,20+,21?,22+/m1/s1. The Morgan fingerprint density at radius 3 is 2.69 bits per heavy atom. The predicted molar refractivity (Wildman–Crippen MR) is 95.2 cm³/mol. The van der Waals surface area contributed by atoms with Gasteiger partial charge in [-0.25, -0.2) is 0 Å². The lowest BCUT2D eigenvalue weighted by Crippen LogP contribution is -2.81. The van der Waals surface area contributed by atoms with Crippen LogP contribution in [-0.4, -0.2) is 40.4 Å². The topological polar surface area (TPSA) is 49.8 Å². The van der Waals surface area contributed by atoms with Crippen LogP contribution < -0.4 is 0 Å². The average molecular weight is 357 g/mol. The largest absolute Gasteiger partial charge is 0.481 e. The van der Waals surface area contributed by atoms with Crippen LogP contribution in [0.25, 0.3) is 0 Å². The zero-order chi connectivity index (χ0) is 17.6. The average Bonchev–Trinajstić information content (AvgIpc) is 3.16. The summed E-state index contributed by atoms with van der Waals surface area (Å²) in [6.07, 6.45) is 8.72. The van der Waals surface area contributed by atoms with E-state index < -0.39 is 5.97 Å². The van der Waals surface area contributed by atoms with Crippen LogP contribution in [0.2, 0.25) is 0 Å². The van der Waals surface area contributed by atoms with E-state index in [1.54, 1.807) is 0 Å². The van der Waals surface area contributed by atoms with E-state index in [4.69, 9.17) is 4.74 Å². The monoisotopic (exact) mass is 357 g/mol. The molecule has 4 saturated carbocycles. The lowest BCUT2D eigenvalue weighted by molar-refractivity contribution is -0.392. The van der Waals surface area contributed by atoms with Crippen LogP contribution in [0.1, 0.15) is 58.8 Å². The Morgan fingerprint density at radius 2 is 1.92 bits per heavy atom. The number of carbonyl (C=O) groups is 1. The van der Waals surface area contributed by atoms with E-state index in [1.165, 1.54) is 38.6 Å². The Kier molecular flexibility index (Phi) is 2.47. The van der Waals surface area contributed by atoms with Crippen LogP contribution in [0.15, 0.2) is 0 Å². The molecule has 0 amide bonds. The highest BCUT2D eigenvalue weighted by Crippen LogP contribution is 2.84. The number of ether oxygens (including phenoxy) is 1. The Morgan fingerprint density at radius 1 is 1.15 bits per heavy atom. The summed E-state index contributed by atoms with van der Waals surface area (Å²) in [5.74, 6) is 2.29. The van der Waals surface area contributed by atoms with Crippen molar-refractivity contribution in [1.29, 1.82) is 0 Å². The summed E-state index contributed by atoms with van der Waals surface area (Å²) in [6, 6.07) is 0.594. The Bertz CT molecular complexity index is 724. The molecular weight excluding hydrogens is 326 g/mol. The van der Waals surface area contributed by atoms with Crippen molar-refractivity contribution in [2.75, 3.05) is 6.54 Å². The number of piperidine rings is 1. The highest BCUT2D eigenvalue weighted by atomic mass is 16.5. The molecule has 0 radical (unpaired) electrons. The van der Waals surface area contributed by atoms with Gasteiger partial charge in [-0.2, -0.15) is 0 Å². The molecule has 11 atom stereocenters. The van der Waals surface area contributed by atoms with Crippen molar-refractivity contribution in [3.63, 3.8) is 0 Å². The highest BCUT2D eigenvalue weighted by molar-refractivity contribution is 5.72. The van der Waals surface area contributed by atoms with E-state index in [0.29, 0.717) is 23.3 Å². The van der Waals surface area contributed by atoms with Gasteiger partial charge in [-0.15, -0.1) is 0 Å². The molecule has 2 spiro atoms. The second kappa shape index (κ2) is 4.20. The van der Waals surface area contributed by atoms with E-state index in [1.807, 2.05) is 0 Å². The summed E-state index contributed by atoms with van der Waals surface area (Å²) in [7, 11) is 0. The molecule has 4 heteroatoms. The molecule has 5 heterocycles. The van der Waals surface area contributed by atoms with E-state index in [-0.39, 0.29) is 29.1 Å². The molecule has 4 aliphatic carbocycles. The van der Waals surface area contributed by atoms with Gasteiger partial charge in [0.25, 0.3) is 0 Å². The highest BCUT2D eigenvalue weighted by Gasteiger charge is 2.88. The molecule has 0 aromatic rings. The van der Waals surface area contributed by atoms with Crippen LogP contribution in [0, 0.1) is 46.3 Å². The van der Waals surface area contributed by atoms with Gasteiger partial charge in [0, 0.05) is 29.8 Å². The molecule has 142 valence electrons. The molecule has 6 bridgehead atoms. The molecule has 9 rings (SSSR count). The summed E-state index contributed by atoms with van der Waals surface area (Å²) in [5.41, 5.74) is 0.268. The van der Waals surface area contributed by atoms with E-state index >= 15 is 0 Å². The SMILES string of the molecule is C[C@@H]1CN2[C@H]3[C@H]1CC[C@@]1(C)[C@@H]4CC[C@H]5CC[C@@H]6[C@H](C(=O)O)CC31[C@]56O[C@@H]42. The smallest absolute Gasteiger partial charge is 0.306 e. The van der Waals surface area contributed by atoms with Crippen LogP contribution in [-0.2, 0) is 9.53 Å². The maximum Gasteiger partial charge on any atom is 0.306 e. The third kappa shape index (κ3) is 1.19. The number of hydrogen-bond donors (Lipinski definition) is 1. The number of rotatable bonds is 1. The zero-order valence-corrected chi connectivity index (χ0v) is 16.0. The van der Waals surface area contributed by atoms with Crippen molar-refractivity contribution < 1.29 is 14.6 Å². The van der Waals surface area contributed by atoms with Crippen LogP contribution in [0.5, 0.6) is 0 Å². The van der Waals surface area contributed by atoms with Gasteiger partial charge in [-0.1, -0.05) is 13.8 Å². The summed E-state index contributed by atoms with van der Waals surface area (Å²) in [4.78, 5) is 15.1. The molecule has 5 aliphatic heterocycles. The van der Waals surface area contributed by atoms with Crippen molar-refractivity contribution in [1.82, 2.24) is 4.90 Å². The van der Waals surface area contributed by atoms with Crippen molar-refractivity contribution in [3.05, 3.63) is 0 Å². The minimum atomic E-state index is -0.542. The van der Waals surface area contributed by atoms with Crippen molar-refractivity contribution in [2.24, 2.45) is 46.3 Å². The quantitative estimate of drug-likeness (QED) is 0.782. The molecule has 1 N–H and O–H groups in total. The number of aliphatic carboxylic acids is 1. The Hall–Kier alpha value is -0.610. The van der Waals surface area contributed by atoms with Crippen molar-refractivity contribution in [3.8, 4) is 0 Å². The fourth-order valence-corrected chi connectivity index (χ4v) is 10.7. The number of carboxylic acids is 1. The number of nitrogens with zero attached hydrogens (tertiary/aromatic N) is 1. The molecule has 9 aliphatic rings. The van der Waals surface area contributed by atoms with Gasteiger partial charge >= 0.3 is 5.97 Å². The molecule has 0 aromatic carbocycles. The maximum absolute atomic E-state index is 12.4. The lowest BCUT2D eigenvalue weighted by atomic mass is 9.40. The van der Waals surface area contributed by atoms with Crippen LogP contribution >= 0.6 is 0 Å². The number of hydrogen-bond acceptors (Lipinski definition) is 3. The van der Waals surface area contributed by atoms with Gasteiger partial charge in [-0.05, 0) is 68.1 Å². The van der Waals surface area contributed by atoms with Gasteiger partial charge in [0.1, 0.15) is 6.23 Å². The molecular formula is C22H31NO3. The first-order valence-electron chi connectivity index (χ1n) is 11.1. The second-order valence-electron chi connectivity index (χ2n) is 11.2. The fourth-order valence-electron chi connectivity index (χ4n) is 10.7. The molecule has 26 heavy (non-hydrogen) atoms. The Balaban J connectivity index is 1.56. The van der Waals surface area contributed by atoms with E-state index in [2.05, 4.69) is 18.7 Å². The minimum Gasteiger partial charge on any atom is -0.481 e. The van der Waals surface area contributed by atoms with Gasteiger partial charge in [0.05, 0.1) is 11.5 Å². The van der Waals surface area contributed by atoms with Crippen LogP contribution in [0.3, 0.4) is 0 Å². The lowest BCUT2D eigenvalue weighted by Gasteiger charge is -2.76. The molecule has 4 nitrogen and oxygen atoms in total. The van der Waals surface area contributed by atoms with E-state index in [9.17, 15) is 9.90 Å². The summed E-state index contributed by atoms with van der Waals surface area (Å²) in [6.45, 7) is 6.20. The van der Waals surface area contributed by atoms with Gasteiger partial charge < -0.3 is 9.84 Å². The summed E-state index contributed by atoms with van der Waals surface area (Å²) in [5, 5.41) is 10.2. The van der Waals surface area contributed by atoms with Crippen LogP contribution in [0.4, 0.5) is 0 Å². The second-order valence-corrected chi connectivity index (χ2v) is 11.2. The predicted octanol–water partition coefficient (Wildman–Crippen LogP) is 3.36.